The Bertz CT molecular complexity index is 813. The van der Waals surface area contributed by atoms with Crippen molar-refractivity contribution >= 4 is 41.1 Å². The second-order valence-corrected chi connectivity index (χ2v) is 6.14. The summed E-state index contributed by atoms with van der Waals surface area (Å²) in [5.41, 5.74) is 4.00. The molecule has 2 aromatic carbocycles. The molecule has 1 atom stereocenters. The lowest BCUT2D eigenvalue weighted by molar-refractivity contribution is -0.109. The van der Waals surface area contributed by atoms with E-state index in [1.54, 1.807) is 12.1 Å². The Morgan fingerprint density at radius 3 is 2.46 bits per heavy atom. The molecule has 2 N–H and O–H groups in total. The molecule has 0 saturated heterocycles. The molecule has 2 rings (SSSR count). The van der Waals surface area contributed by atoms with Crippen molar-refractivity contribution in [3.63, 3.8) is 0 Å². The number of benzene rings is 2. The molecule has 0 aliphatic rings. The maximum absolute atomic E-state index is 11.6. The molecule has 0 amide bonds. The van der Waals surface area contributed by atoms with Crippen LogP contribution in [0.2, 0.25) is 5.02 Å². The third kappa shape index (κ3) is 5.07. The van der Waals surface area contributed by atoms with Crippen LogP contribution in [-0.2, 0) is 9.59 Å². The van der Waals surface area contributed by atoms with Gasteiger partial charge in [-0.2, -0.15) is 0 Å². The van der Waals surface area contributed by atoms with E-state index in [0.29, 0.717) is 17.1 Å². The van der Waals surface area contributed by atoms with E-state index in [0.717, 1.165) is 35.0 Å². The third-order valence-electron chi connectivity index (χ3n) is 3.97. The van der Waals surface area contributed by atoms with Crippen molar-refractivity contribution in [2.75, 3.05) is 12.4 Å². The fourth-order valence-electron chi connectivity index (χ4n) is 2.66. The van der Waals surface area contributed by atoms with Gasteiger partial charge < -0.3 is 15.4 Å². The summed E-state index contributed by atoms with van der Waals surface area (Å²) >= 11 is 5.90. The van der Waals surface area contributed by atoms with Crippen LogP contribution < -0.4 is 10.6 Å². The molecule has 2 aromatic rings. The summed E-state index contributed by atoms with van der Waals surface area (Å²) in [7, 11) is 1.81. The lowest BCUT2D eigenvalue weighted by Gasteiger charge is -2.19. The van der Waals surface area contributed by atoms with Crippen LogP contribution in [0.4, 0.5) is 5.69 Å². The Kier molecular flexibility index (Phi) is 7.18. The van der Waals surface area contributed by atoms with Gasteiger partial charge in [0.15, 0.2) is 0 Å². The Labute approximate surface area is 158 Å². The van der Waals surface area contributed by atoms with E-state index >= 15 is 0 Å². The van der Waals surface area contributed by atoms with Gasteiger partial charge in [0.1, 0.15) is 12.6 Å². The lowest BCUT2D eigenvalue weighted by atomic mass is 9.96. The van der Waals surface area contributed by atoms with Crippen LogP contribution in [0, 0.1) is 0 Å². The van der Waals surface area contributed by atoms with Crippen molar-refractivity contribution in [1.82, 2.24) is 5.32 Å². The normalized spacial score (nSPS) is 12.2. The number of nitrogens with one attached hydrogen (secondary N) is 2. The predicted octanol–water partition coefficient (Wildman–Crippen LogP) is 4.18. The van der Waals surface area contributed by atoms with Gasteiger partial charge in [-0.15, -0.1) is 0 Å². The molecule has 0 heterocycles. The third-order valence-corrected chi connectivity index (χ3v) is 4.22. The molecule has 1 unspecified atom stereocenters. The molecule has 0 aromatic heterocycles. The van der Waals surface area contributed by atoms with Gasteiger partial charge in [0.2, 0.25) is 0 Å². The number of allylic oxidation sites excluding steroid dienone is 1. The Morgan fingerprint density at radius 1 is 1.15 bits per heavy atom. The quantitative estimate of drug-likeness (QED) is 0.515. The minimum atomic E-state index is -0.519. The molecule has 0 bridgehead atoms. The van der Waals surface area contributed by atoms with Crippen LogP contribution in [0.3, 0.4) is 0 Å². The molecule has 26 heavy (non-hydrogen) atoms. The number of aldehydes is 2. The molecular weight excluding hydrogens is 348 g/mol. The SMILES string of the molecule is C=C(NC(C=O)C/C(=C/C=O)c1ccccc1NC)c1ccc(Cl)cc1. The molecular formula is C21H21ClN2O2. The highest BCUT2D eigenvalue weighted by atomic mass is 35.5. The maximum atomic E-state index is 11.6. The van der Waals surface area contributed by atoms with Crippen molar-refractivity contribution in [1.29, 1.82) is 0 Å². The number of rotatable bonds is 9. The summed E-state index contributed by atoms with van der Waals surface area (Å²) in [6, 6.07) is 14.3. The van der Waals surface area contributed by atoms with Gasteiger partial charge in [-0.3, -0.25) is 4.79 Å². The average molecular weight is 369 g/mol. The fraction of sp³-hybridized carbons (Fsp3) is 0.143. The first-order valence-corrected chi connectivity index (χ1v) is 8.55. The van der Waals surface area contributed by atoms with Crippen molar-refractivity contribution in [3.8, 4) is 0 Å². The molecule has 0 spiro atoms. The van der Waals surface area contributed by atoms with E-state index in [4.69, 9.17) is 11.6 Å². The molecule has 0 radical (unpaired) electrons. The number of carbonyl (C=O) groups is 2. The fourth-order valence-corrected chi connectivity index (χ4v) is 2.79. The summed E-state index contributed by atoms with van der Waals surface area (Å²) in [5, 5.41) is 6.85. The highest BCUT2D eigenvalue weighted by Gasteiger charge is 2.15. The number of anilines is 1. The largest absolute Gasteiger partial charge is 0.388 e. The van der Waals surface area contributed by atoms with E-state index in [9.17, 15) is 9.59 Å². The molecule has 0 aliphatic heterocycles. The Balaban J connectivity index is 2.19. The topological polar surface area (TPSA) is 58.2 Å². The van der Waals surface area contributed by atoms with Crippen molar-refractivity contribution < 1.29 is 9.59 Å². The van der Waals surface area contributed by atoms with Crippen molar-refractivity contribution in [2.45, 2.75) is 12.5 Å². The van der Waals surface area contributed by atoms with Crippen molar-refractivity contribution in [3.05, 3.63) is 77.3 Å². The van der Waals surface area contributed by atoms with Gasteiger partial charge >= 0.3 is 0 Å². The van der Waals surface area contributed by atoms with Crippen LogP contribution in [0.1, 0.15) is 17.5 Å². The molecule has 134 valence electrons. The highest BCUT2D eigenvalue weighted by Crippen LogP contribution is 2.27. The summed E-state index contributed by atoms with van der Waals surface area (Å²) in [6.07, 6.45) is 3.40. The van der Waals surface area contributed by atoms with Crippen LogP contribution in [0.15, 0.2) is 61.2 Å². The van der Waals surface area contributed by atoms with E-state index in [2.05, 4.69) is 17.2 Å². The van der Waals surface area contributed by atoms with Gasteiger partial charge in [0.05, 0.1) is 6.04 Å². The van der Waals surface area contributed by atoms with Crippen LogP contribution in [0.5, 0.6) is 0 Å². The number of hydrogen-bond donors (Lipinski definition) is 2. The molecule has 0 aliphatic carbocycles. The predicted molar refractivity (Wildman–Crippen MR) is 108 cm³/mol. The lowest BCUT2D eigenvalue weighted by Crippen LogP contribution is -2.29. The van der Waals surface area contributed by atoms with Gasteiger partial charge in [0, 0.05) is 35.4 Å². The number of halogens is 1. The molecule has 5 heteroatoms. The van der Waals surface area contributed by atoms with Gasteiger partial charge in [-0.25, -0.2) is 0 Å². The van der Waals surface area contributed by atoms with E-state index < -0.39 is 6.04 Å². The smallest absolute Gasteiger partial charge is 0.143 e. The number of para-hydroxylation sites is 1. The summed E-state index contributed by atoms with van der Waals surface area (Å²) in [5.74, 6) is 0. The number of hydrogen-bond acceptors (Lipinski definition) is 4. The minimum Gasteiger partial charge on any atom is -0.388 e. The van der Waals surface area contributed by atoms with Gasteiger partial charge in [0.25, 0.3) is 0 Å². The first kappa shape index (κ1) is 19.5. The standard InChI is InChI=1S/C21H21ClN2O2/c1-15(16-7-9-18(22)10-8-16)24-19(14-26)13-17(11-12-25)20-5-3-4-6-21(20)23-2/h3-12,14,19,23-24H,1,13H2,2H3/b17-11-. The number of carbonyl (C=O) groups excluding carboxylic acids is 2. The first-order chi connectivity index (χ1) is 12.6. The van der Waals surface area contributed by atoms with E-state index in [-0.39, 0.29) is 0 Å². The zero-order valence-corrected chi connectivity index (χ0v) is 15.3. The first-order valence-electron chi connectivity index (χ1n) is 8.17. The van der Waals surface area contributed by atoms with Crippen molar-refractivity contribution in [2.24, 2.45) is 0 Å². The molecule has 0 saturated carbocycles. The second kappa shape index (κ2) is 9.59. The monoisotopic (exact) mass is 368 g/mol. The zero-order chi connectivity index (χ0) is 18.9. The molecule has 0 fully saturated rings. The maximum Gasteiger partial charge on any atom is 0.143 e. The summed E-state index contributed by atoms with van der Waals surface area (Å²) < 4.78 is 0. The minimum absolute atomic E-state index is 0.355. The summed E-state index contributed by atoms with van der Waals surface area (Å²) in [4.78, 5) is 22.7. The van der Waals surface area contributed by atoms with Gasteiger partial charge in [-0.1, -0.05) is 48.5 Å². The van der Waals surface area contributed by atoms with Crippen LogP contribution in [0.25, 0.3) is 11.3 Å². The van der Waals surface area contributed by atoms with Crippen LogP contribution >= 0.6 is 11.6 Å². The highest BCUT2D eigenvalue weighted by molar-refractivity contribution is 6.30. The van der Waals surface area contributed by atoms with E-state index in [1.807, 2.05) is 43.4 Å². The summed E-state index contributed by atoms with van der Waals surface area (Å²) in [6.45, 7) is 3.99. The van der Waals surface area contributed by atoms with Gasteiger partial charge in [-0.05, 0) is 35.4 Å². The van der Waals surface area contributed by atoms with E-state index in [1.165, 1.54) is 6.08 Å². The molecule has 4 nitrogen and oxygen atoms in total. The zero-order valence-electron chi connectivity index (χ0n) is 14.5. The van der Waals surface area contributed by atoms with Crippen LogP contribution in [-0.4, -0.2) is 25.7 Å². The second-order valence-electron chi connectivity index (χ2n) is 5.70. The Morgan fingerprint density at radius 2 is 1.85 bits per heavy atom. The Hall–Kier alpha value is -2.85. The average Bonchev–Trinajstić information content (AvgIpc) is 2.67.